The van der Waals surface area contributed by atoms with Gasteiger partial charge in [-0.2, -0.15) is 0 Å². The van der Waals surface area contributed by atoms with E-state index < -0.39 is 0 Å². The first-order valence-electron chi connectivity index (χ1n) is 5.65. The van der Waals surface area contributed by atoms with Crippen LogP contribution in [0.2, 0.25) is 0 Å². The van der Waals surface area contributed by atoms with E-state index in [0.717, 1.165) is 5.75 Å². The lowest BCUT2D eigenvalue weighted by molar-refractivity contribution is -0.117. The average molecular weight is 269 g/mol. The summed E-state index contributed by atoms with van der Waals surface area (Å²) < 4.78 is 0. The van der Waals surface area contributed by atoms with Gasteiger partial charge in [-0.15, -0.1) is 23.5 Å². The fourth-order valence-electron chi connectivity index (χ4n) is 1.24. The third-order valence-electron chi connectivity index (χ3n) is 2.20. The second-order valence-electron chi connectivity index (χ2n) is 4.17. The number of carbonyl (C=O) groups excluding carboxylic acids is 1. The van der Waals surface area contributed by atoms with Gasteiger partial charge in [-0.3, -0.25) is 4.79 Å². The average Bonchev–Trinajstić information content (AvgIpc) is 2.26. The molecule has 0 saturated heterocycles. The van der Waals surface area contributed by atoms with Gasteiger partial charge in [-0.25, -0.2) is 0 Å². The summed E-state index contributed by atoms with van der Waals surface area (Å²) >= 11 is 3.43. The van der Waals surface area contributed by atoms with Gasteiger partial charge in [0.2, 0.25) is 5.91 Å². The van der Waals surface area contributed by atoms with Crippen molar-refractivity contribution in [2.24, 2.45) is 5.73 Å². The van der Waals surface area contributed by atoms with Crippen molar-refractivity contribution in [3.63, 3.8) is 0 Å². The van der Waals surface area contributed by atoms with Gasteiger partial charge in [0.15, 0.2) is 0 Å². The Bertz CT molecular complexity index is 362. The third kappa shape index (κ3) is 5.50. The molecule has 0 aliphatic heterocycles. The quantitative estimate of drug-likeness (QED) is 0.806. The van der Waals surface area contributed by atoms with Crippen LogP contribution < -0.4 is 5.73 Å². The van der Waals surface area contributed by atoms with Crippen LogP contribution >= 0.6 is 23.5 Å². The predicted molar refractivity (Wildman–Crippen MR) is 77.4 cm³/mol. The Hall–Kier alpha value is -0.610. The number of thioether (sulfide) groups is 2. The number of hydrogen-bond acceptors (Lipinski definition) is 3. The van der Waals surface area contributed by atoms with Crippen LogP contribution in [-0.4, -0.2) is 16.4 Å². The van der Waals surface area contributed by atoms with Crippen molar-refractivity contribution < 1.29 is 4.79 Å². The van der Waals surface area contributed by atoms with Crippen molar-refractivity contribution >= 4 is 29.4 Å². The Balaban J connectivity index is 2.48. The molecule has 0 fully saturated rings. The normalized spacial score (nSPS) is 12.7. The van der Waals surface area contributed by atoms with E-state index in [9.17, 15) is 4.79 Å². The second kappa shape index (κ2) is 6.97. The van der Waals surface area contributed by atoms with Crippen molar-refractivity contribution in [1.29, 1.82) is 0 Å². The molecule has 2 nitrogen and oxygen atoms in total. The Labute approximate surface area is 112 Å². The van der Waals surface area contributed by atoms with Gasteiger partial charge in [0.1, 0.15) is 0 Å². The van der Waals surface area contributed by atoms with Crippen LogP contribution in [0.3, 0.4) is 0 Å². The summed E-state index contributed by atoms with van der Waals surface area (Å²) in [6.45, 7) is 6.21. The first kappa shape index (κ1) is 14.5. The second-order valence-corrected chi connectivity index (χ2v) is 7.15. The lowest BCUT2D eigenvalue weighted by Crippen LogP contribution is -2.22. The number of primary amides is 1. The molecule has 0 unspecified atom stereocenters. The van der Waals surface area contributed by atoms with Gasteiger partial charge in [0, 0.05) is 15.9 Å². The van der Waals surface area contributed by atoms with Crippen molar-refractivity contribution in [3.05, 3.63) is 29.8 Å². The minimum Gasteiger partial charge on any atom is -0.369 e. The zero-order chi connectivity index (χ0) is 12.8. The molecular formula is C13H19NOS2. The molecule has 1 aromatic carbocycles. The molecule has 0 bridgehead atoms. The van der Waals surface area contributed by atoms with E-state index in [-0.39, 0.29) is 11.2 Å². The van der Waals surface area contributed by atoms with E-state index in [1.807, 2.05) is 18.7 Å². The number of nitrogens with two attached hydrogens (primary N) is 1. The van der Waals surface area contributed by atoms with Gasteiger partial charge in [0.05, 0.1) is 5.25 Å². The van der Waals surface area contributed by atoms with E-state index in [1.165, 1.54) is 10.5 Å². The highest BCUT2D eigenvalue weighted by molar-refractivity contribution is 8.00. The zero-order valence-electron chi connectivity index (χ0n) is 10.5. The number of rotatable bonds is 6. The highest BCUT2D eigenvalue weighted by Crippen LogP contribution is 2.24. The van der Waals surface area contributed by atoms with Crippen LogP contribution in [0.4, 0.5) is 0 Å². The highest BCUT2D eigenvalue weighted by atomic mass is 32.2. The molecule has 0 heterocycles. The lowest BCUT2D eigenvalue weighted by atomic mass is 10.2. The topological polar surface area (TPSA) is 43.1 Å². The largest absolute Gasteiger partial charge is 0.369 e. The molecule has 1 amide bonds. The molecule has 0 saturated carbocycles. The van der Waals surface area contributed by atoms with Crippen LogP contribution in [-0.2, 0) is 10.5 Å². The van der Waals surface area contributed by atoms with Crippen molar-refractivity contribution in [2.45, 2.75) is 41.9 Å². The summed E-state index contributed by atoms with van der Waals surface area (Å²) in [7, 11) is 0. The van der Waals surface area contributed by atoms with Crippen molar-refractivity contribution in [3.8, 4) is 0 Å². The monoisotopic (exact) mass is 269 g/mol. The standard InChI is InChI=1S/C13H19NOS2/c1-9(2)17-12-6-4-11(5-7-12)8-16-10(3)13(14)15/h4-7,9-10H,8H2,1-3H3,(H2,14,15)/t10-/m1/s1. The van der Waals surface area contributed by atoms with Crippen LogP contribution in [0, 0.1) is 0 Å². The Morgan fingerprint density at radius 1 is 1.24 bits per heavy atom. The van der Waals surface area contributed by atoms with Gasteiger partial charge in [0.25, 0.3) is 0 Å². The molecule has 2 N–H and O–H groups in total. The van der Waals surface area contributed by atoms with Gasteiger partial charge < -0.3 is 5.73 Å². The molecule has 1 atom stereocenters. The SMILES string of the molecule is CC(C)Sc1ccc(CS[C@H](C)C(N)=O)cc1. The predicted octanol–water partition coefficient (Wildman–Crippen LogP) is 3.29. The maximum absolute atomic E-state index is 10.9. The molecule has 4 heteroatoms. The molecule has 0 spiro atoms. The number of carbonyl (C=O) groups is 1. The van der Waals surface area contributed by atoms with E-state index in [1.54, 1.807) is 11.8 Å². The van der Waals surface area contributed by atoms with Crippen molar-refractivity contribution in [2.75, 3.05) is 0 Å². The molecule has 1 rings (SSSR count). The summed E-state index contributed by atoms with van der Waals surface area (Å²) in [5.74, 6) is 0.582. The number of amides is 1. The number of hydrogen-bond donors (Lipinski definition) is 1. The van der Waals surface area contributed by atoms with Gasteiger partial charge >= 0.3 is 0 Å². The van der Waals surface area contributed by atoms with Crippen molar-refractivity contribution in [1.82, 2.24) is 0 Å². The fourth-order valence-corrected chi connectivity index (χ4v) is 2.88. The maximum Gasteiger partial charge on any atom is 0.230 e. The molecule has 94 valence electrons. The summed E-state index contributed by atoms with van der Waals surface area (Å²) in [4.78, 5) is 12.2. The Kier molecular flexibility index (Phi) is 5.92. The Morgan fingerprint density at radius 2 is 1.82 bits per heavy atom. The lowest BCUT2D eigenvalue weighted by Gasteiger charge is -2.08. The minimum absolute atomic E-state index is 0.125. The number of benzene rings is 1. The Morgan fingerprint density at radius 3 is 2.29 bits per heavy atom. The minimum atomic E-state index is -0.248. The smallest absolute Gasteiger partial charge is 0.230 e. The zero-order valence-corrected chi connectivity index (χ0v) is 12.1. The highest BCUT2D eigenvalue weighted by Gasteiger charge is 2.08. The van der Waals surface area contributed by atoms with E-state index >= 15 is 0 Å². The van der Waals surface area contributed by atoms with Gasteiger partial charge in [-0.1, -0.05) is 26.0 Å². The van der Waals surface area contributed by atoms with Gasteiger partial charge in [-0.05, 0) is 24.6 Å². The summed E-state index contributed by atoms with van der Waals surface area (Å²) in [6.07, 6.45) is 0. The fraction of sp³-hybridized carbons (Fsp3) is 0.462. The third-order valence-corrected chi connectivity index (χ3v) is 4.44. The van der Waals surface area contributed by atoms with E-state index in [4.69, 9.17) is 5.73 Å². The molecule has 0 radical (unpaired) electrons. The molecule has 0 aliphatic rings. The van der Waals surface area contributed by atoms with E-state index in [2.05, 4.69) is 38.1 Å². The first-order chi connectivity index (χ1) is 7.99. The maximum atomic E-state index is 10.9. The first-order valence-corrected chi connectivity index (χ1v) is 7.58. The van der Waals surface area contributed by atoms with Crippen LogP contribution in [0.5, 0.6) is 0 Å². The molecule has 1 aromatic rings. The van der Waals surface area contributed by atoms with Crippen LogP contribution in [0.25, 0.3) is 0 Å². The summed E-state index contributed by atoms with van der Waals surface area (Å²) in [5.41, 5.74) is 6.45. The summed E-state index contributed by atoms with van der Waals surface area (Å²) in [5, 5.41) is 0.477. The molecule has 0 aliphatic carbocycles. The van der Waals surface area contributed by atoms with Crippen LogP contribution in [0.15, 0.2) is 29.2 Å². The molecule has 0 aromatic heterocycles. The molecular weight excluding hydrogens is 250 g/mol. The van der Waals surface area contributed by atoms with Crippen LogP contribution in [0.1, 0.15) is 26.3 Å². The molecule has 17 heavy (non-hydrogen) atoms. The van der Waals surface area contributed by atoms with E-state index in [0.29, 0.717) is 5.25 Å². The summed E-state index contributed by atoms with van der Waals surface area (Å²) in [6, 6.07) is 8.50.